The number of hydrogen-bond donors (Lipinski definition) is 1. The summed E-state index contributed by atoms with van der Waals surface area (Å²) in [6, 6.07) is 8.63. The Labute approximate surface area is 93.1 Å². The molecular formula is C13H22N2. The molecule has 0 saturated carbocycles. The van der Waals surface area contributed by atoms with Gasteiger partial charge in [0.25, 0.3) is 0 Å². The Hall–Kier alpha value is -1.02. The summed E-state index contributed by atoms with van der Waals surface area (Å²) >= 11 is 0. The standard InChI is InChI=1S/C13H22N2/c1-4-12(9-14)10-15(3)13-7-5-11(2)6-8-13/h5-8,12H,4,9-10,14H2,1-3H3. The third-order valence-electron chi connectivity index (χ3n) is 2.92. The van der Waals surface area contributed by atoms with Gasteiger partial charge in [-0.2, -0.15) is 0 Å². The Bertz CT molecular complexity index is 275. The second-order valence-electron chi connectivity index (χ2n) is 4.23. The molecule has 0 spiro atoms. The number of nitrogens with zero attached hydrogens (tertiary/aromatic N) is 1. The van der Waals surface area contributed by atoms with Crippen LogP contribution in [0.2, 0.25) is 0 Å². The Morgan fingerprint density at radius 3 is 2.33 bits per heavy atom. The van der Waals surface area contributed by atoms with Gasteiger partial charge in [-0.3, -0.25) is 0 Å². The summed E-state index contributed by atoms with van der Waals surface area (Å²) in [5.41, 5.74) is 8.28. The first kappa shape index (κ1) is 12.1. The van der Waals surface area contributed by atoms with Crippen LogP contribution in [0.1, 0.15) is 18.9 Å². The summed E-state index contributed by atoms with van der Waals surface area (Å²) in [6.45, 7) is 6.11. The Balaban J connectivity index is 2.60. The lowest BCUT2D eigenvalue weighted by Gasteiger charge is -2.24. The normalized spacial score (nSPS) is 12.5. The van der Waals surface area contributed by atoms with Crippen LogP contribution in [0.25, 0.3) is 0 Å². The van der Waals surface area contributed by atoms with Crippen LogP contribution in [0.3, 0.4) is 0 Å². The summed E-state index contributed by atoms with van der Waals surface area (Å²) in [5, 5.41) is 0. The van der Waals surface area contributed by atoms with Crippen molar-refractivity contribution in [1.82, 2.24) is 0 Å². The molecule has 1 aromatic rings. The van der Waals surface area contributed by atoms with Crippen LogP contribution >= 0.6 is 0 Å². The summed E-state index contributed by atoms with van der Waals surface area (Å²) < 4.78 is 0. The fraction of sp³-hybridized carbons (Fsp3) is 0.538. The predicted octanol–water partition coefficient (Wildman–Crippen LogP) is 2.42. The minimum Gasteiger partial charge on any atom is -0.374 e. The number of aryl methyl sites for hydroxylation is 1. The predicted molar refractivity (Wildman–Crippen MR) is 67.3 cm³/mol. The van der Waals surface area contributed by atoms with Crippen molar-refractivity contribution in [3.63, 3.8) is 0 Å². The topological polar surface area (TPSA) is 29.3 Å². The van der Waals surface area contributed by atoms with Crippen molar-refractivity contribution in [2.45, 2.75) is 20.3 Å². The van der Waals surface area contributed by atoms with Gasteiger partial charge in [-0.15, -0.1) is 0 Å². The van der Waals surface area contributed by atoms with Gasteiger partial charge in [-0.25, -0.2) is 0 Å². The molecule has 0 aliphatic heterocycles. The highest BCUT2D eigenvalue weighted by atomic mass is 15.1. The van der Waals surface area contributed by atoms with Crippen molar-refractivity contribution < 1.29 is 0 Å². The van der Waals surface area contributed by atoms with E-state index in [9.17, 15) is 0 Å². The third kappa shape index (κ3) is 3.56. The molecule has 0 aromatic heterocycles. The molecule has 2 nitrogen and oxygen atoms in total. The van der Waals surface area contributed by atoms with E-state index in [1.165, 1.54) is 11.3 Å². The number of rotatable bonds is 5. The van der Waals surface area contributed by atoms with Crippen LogP contribution in [0.4, 0.5) is 5.69 Å². The van der Waals surface area contributed by atoms with Crippen LogP contribution in [0.15, 0.2) is 24.3 Å². The van der Waals surface area contributed by atoms with Gasteiger partial charge in [0.2, 0.25) is 0 Å². The lowest BCUT2D eigenvalue weighted by atomic mass is 10.1. The lowest BCUT2D eigenvalue weighted by molar-refractivity contribution is 0.521. The average Bonchev–Trinajstić information content (AvgIpc) is 2.26. The molecule has 1 aromatic carbocycles. The molecule has 0 aliphatic rings. The van der Waals surface area contributed by atoms with Gasteiger partial charge >= 0.3 is 0 Å². The van der Waals surface area contributed by atoms with E-state index >= 15 is 0 Å². The molecule has 15 heavy (non-hydrogen) atoms. The van der Waals surface area contributed by atoms with Gasteiger partial charge in [0, 0.05) is 19.3 Å². The zero-order chi connectivity index (χ0) is 11.3. The van der Waals surface area contributed by atoms with E-state index in [0.29, 0.717) is 5.92 Å². The minimum absolute atomic E-state index is 0.594. The zero-order valence-electron chi connectivity index (χ0n) is 10.0. The molecule has 0 radical (unpaired) electrons. The van der Waals surface area contributed by atoms with Crippen molar-refractivity contribution >= 4 is 5.69 Å². The Morgan fingerprint density at radius 2 is 1.87 bits per heavy atom. The zero-order valence-corrected chi connectivity index (χ0v) is 10.0. The van der Waals surface area contributed by atoms with Gasteiger partial charge in [-0.1, -0.05) is 31.0 Å². The van der Waals surface area contributed by atoms with E-state index in [1.807, 2.05) is 0 Å². The Morgan fingerprint density at radius 1 is 1.27 bits per heavy atom. The number of hydrogen-bond acceptors (Lipinski definition) is 2. The van der Waals surface area contributed by atoms with Crippen LogP contribution in [0.5, 0.6) is 0 Å². The highest BCUT2D eigenvalue weighted by Gasteiger charge is 2.08. The average molecular weight is 206 g/mol. The Kier molecular flexibility index (Phi) is 4.63. The molecule has 0 fully saturated rings. The molecule has 1 atom stereocenters. The highest BCUT2D eigenvalue weighted by molar-refractivity contribution is 5.46. The smallest absolute Gasteiger partial charge is 0.0363 e. The summed E-state index contributed by atoms with van der Waals surface area (Å²) in [6.07, 6.45) is 1.15. The van der Waals surface area contributed by atoms with Gasteiger partial charge in [-0.05, 0) is 31.5 Å². The molecule has 2 heteroatoms. The number of benzene rings is 1. The van der Waals surface area contributed by atoms with Gasteiger partial charge in [0.15, 0.2) is 0 Å². The van der Waals surface area contributed by atoms with Crippen molar-refractivity contribution in [1.29, 1.82) is 0 Å². The summed E-state index contributed by atoms with van der Waals surface area (Å²) in [5.74, 6) is 0.594. The summed E-state index contributed by atoms with van der Waals surface area (Å²) in [4.78, 5) is 2.28. The SMILES string of the molecule is CCC(CN)CN(C)c1ccc(C)cc1. The quantitative estimate of drug-likeness (QED) is 0.801. The largest absolute Gasteiger partial charge is 0.374 e. The highest BCUT2D eigenvalue weighted by Crippen LogP contribution is 2.15. The molecule has 0 aliphatic carbocycles. The number of nitrogens with two attached hydrogens (primary N) is 1. The molecule has 84 valence electrons. The van der Waals surface area contributed by atoms with Crippen molar-refractivity contribution in [2.24, 2.45) is 11.7 Å². The monoisotopic (exact) mass is 206 g/mol. The number of anilines is 1. The minimum atomic E-state index is 0.594. The maximum absolute atomic E-state index is 5.71. The van der Waals surface area contributed by atoms with E-state index < -0.39 is 0 Å². The van der Waals surface area contributed by atoms with Crippen LogP contribution in [0, 0.1) is 12.8 Å². The van der Waals surface area contributed by atoms with Crippen molar-refractivity contribution in [3.8, 4) is 0 Å². The van der Waals surface area contributed by atoms with Crippen molar-refractivity contribution in [3.05, 3.63) is 29.8 Å². The van der Waals surface area contributed by atoms with E-state index in [-0.39, 0.29) is 0 Å². The van der Waals surface area contributed by atoms with Gasteiger partial charge in [0.1, 0.15) is 0 Å². The molecular weight excluding hydrogens is 184 g/mol. The fourth-order valence-corrected chi connectivity index (χ4v) is 1.66. The fourth-order valence-electron chi connectivity index (χ4n) is 1.66. The van der Waals surface area contributed by atoms with Crippen molar-refractivity contribution in [2.75, 3.05) is 25.0 Å². The molecule has 0 heterocycles. The van der Waals surface area contributed by atoms with E-state index in [2.05, 4.69) is 50.1 Å². The molecule has 1 unspecified atom stereocenters. The van der Waals surface area contributed by atoms with Gasteiger partial charge in [0.05, 0.1) is 0 Å². The first-order valence-electron chi connectivity index (χ1n) is 5.65. The van der Waals surface area contributed by atoms with E-state index in [4.69, 9.17) is 5.73 Å². The molecule has 0 saturated heterocycles. The first-order valence-corrected chi connectivity index (χ1v) is 5.65. The second-order valence-corrected chi connectivity index (χ2v) is 4.23. The maximum Gasteiger partial charge on any atom is 0.0363 e. The first-order chi connectivity index (χ1) is 7.17. The molecule has 2 N–H and O–H groups in total. The third-order valence-corrected chi connectivity index (χ3v) is 2.92. The van der Waals surface area contributed by atoms with E-state index in [1.54, 1.807) is 0 Å². The molecule has 1 rings (SSSR count). The molecule has 0 bridgehead atoms. The molecule has 0 amide bonds. The van der Waals surface area contributed by atoms with Crippen LogP contribution < -0.4 is 10.6 Å². The summed E-state index contributed by atoms with van der Waals surface area (Å²) in [7, 11) is 2.13. The van der Waals surface area contributed by atoms with Gasteiger partial charge < -0.3 is 10.6 Å². The maximum atomic E-state index is 5.71. The second kappa shape index (κ2) is 5.76. The van der Waals surface area contributed by atoms with Crippen LogP contribution in [-0.4, -0.2) is 20.1 Å². The lowest BCUT2D eigenvalue weighted by Crippen LogP contribution is -2.29. The van der Waals surface area contributed by atoms with E-state index in [0.717, 1.165) is 19.5 Å². The van der Waals surface area contributed by atoms with Crippen LogP contribution in [-0.2, 0) is 0 Å².